The van der Waals surface area contributed by atoms with Crippen molar-refractivity contribution >= 4 is 22.8 Å². The summed E-state index contributed by atoms with van der Waals surface area (Å²) in [5, 5.41) is 4.38. The van der Waals surface area contributed by atoms with Crippen molar-refractivity contribution < 1.29 is 14.4 Å². The minimum Gasteiger partial charge on any atom is -0.466 e. The van der Waals surface area contributed by atoms with Crippen LogP contribution in [0.5, 0.6) is 0 Å². The number of carbonyl (C=O) groups excluding carboxylic acids is 1. The molecule has 4 rings (SSSR count). The molecule has 30 heavy (non-hydrogen) atoms. The number of ether oxygens (including phenoxy) is 1. The van der Waals surface area contributed by atoms with Gasteiger partial charge in [-0.2, -0.15) is 0 Å². The summed E-state index contributed by atoms with van der Waals surface area (Å²) >= 11 is 0. The summed E-state index contributed by atoms with van der Waals surface area (Å²) < 4.78 is 4.66. The van der Waals surface area contributed by atoms with E-state index in [4.69, 9.17) is 4.84 Å². The lowest BCUT2D eigenvalue weighted by Crippen LogP contribution is -2.09. The molecular formula is C26H23NO3. The van der Waals surface area contributed by atoms with E-state index in [9.17, 15) is 4.79 Å². The molecule has 0 aromatic heterocycles. The second kappa shape index (κ2) is 9.23. The van der Waals surface area contributed by atoms with Gasteiger partial charge in [-0.1, -0.05) is 96.2 Å². The van der Waals surface area contributed by atoms with Gasteiger partial charge in [-0.3, -0.25) is 0 Å². The maximum absolute atomic E-state index is 11.5. The molecule has 0 bridgehead atoms. The molecule has 150 valence electrons. The molecule has 1 atom stereocenters. The van der Waals surface area contributed by atoms with Gasteiger partial charge >= 0.3 is 5.97 Å². The lowest BCUT2D eigenvalue weighted by Gasteiger charge is -2.16. The first-order chi connectivity index (χ1) is 14.8. The van der Waals surface area contributed by atoms with Crippen LogP contribution in [0.2, 0.25) is 0 Å². The lowest BCUT2D eigenvalue weighted by atomic mass is 9.87. The zero-order valence-corrected chi connectivity index (χ0v) is 16.8. The molecule has 0 saturated heterocycles. The Hall–Kier alpha value is -3.66. The number of nitrogens with zero attached hydrogens (tertiary/aromatic N) is 1. The topological polar surface area (TPSA) is 47.9 Å². The summed E-state index contributed by atoms with van der Waals surface area (Å²) in [6.07, 6.45) is 0.694. The van der Waals surface area contributed by atoms with Crippen LogP contribution in [-0.4, -0.2) is 25.4 Å². The molecule has 1 aliphatic carbocycles. The van der Waals surface area contributed by atoms with Gasteiger partial charge in [0.05, 0.1) is 12.8 Å². The molecule has 3 aromatic carbocycles. The first-order valence-electron chi connectivity index (χ1n) is 9.94. The van der Waals surface area contributed by atoms with Gasteiger partial charge in [-0.05, 0) is 22.3 Å². The molecule has 0 amide bonds. The molecule has 0 N–H and O–H groups in total. The highest BCUT2D eigenvalue weighted by atomic mass is 16.6. The Balaban J connectivity index is 1.86. The van der Waals surface area contributed by atoms with E-state index in [-0.39, 0.29) is 12.5 Å². The molecule has 0 fully saturated rings. The normalized spacial score (nSPS) is 17.2. The van der Waals surface area contributed by atoms with Crippen molar-refractivity contribution in [1.82, 2.24) is 0 Å². The number of rotatable bonds is 6. The van der Waals surface area contributed by atoms with Gasteiger partial charge in [0.25, 0.3) is 0 Å². The van der Waals surface area contributed by atoms with Gasteiger partial charge in [0.1, 0.15) is 0 Å². The number of oxime groups is 1. The van der Waals surface area contributed by atoms with Gasteiger partial charge < -0.3 is 9.57 Å². The highest BCUT2D eigenvalue weighted by molar-refractivity contribution is 6.34. The van der Waals surface area contributed by atoms with Crippen LogP contribution in [-0.2, 0) is 14.4 Å². The molecule has 0 heterocycles. The molecular weight excluding hydrogens is 374 g/mol. The maximum Gasteiger partial charge on any atom is 0.346 e. The second-order valence-corrected chi connectivity index (χ2v) is 7.08. The number of carbonyl (C=O) groups is 1. The monoisotopic (exact) mass is 397 g/mol. The van der Waals surface area contributed by atoms with E-state index < -0.39 is 5.97 Å². The van der Waals surface area contributed by atoms with Gasteiger partial charge in [-0.15, -0.1) is 0 Å². The van der Waals surface area contributed by atoms with E-state index >= 15 is 0 Å². The number of benzene rings is 3. The quantitative estimate of drug-likeness (QED) is 0.417. The van der Waals surface area contributed by atoms with Crippen LogP contribution in [0.15, 0.2) is 96.2 Å². The first-order valence-corrected chi connectivity index (χ1v) is 9.94. The van der Waals surface area contributed by atoms with Crippen molar-refractivity contribution in [3.8, 4) is 0 Å². The fourth-order valence-corrected chi connectivity index (χ4v) is 3.89. The summed E-state index contributed by atoms with van der Waals surface area (Å²) in [6.45, 7) is -0.210. The van der Waals surface area contributed by atoms with Crippen LogP contribution in [0.25, 0.3) is 11.1 Å². The van der Waals surface area contributed by atoms with Crippen LogP contribution >= 0.6 is 0 Å². The molecule has 0 saturated carbocycles. The number of hydrogen-bond donors (Lipinski definition) is 0. The van der Waals surface area contributed by atoms with Gasteiger partial charge in [0, 0.05) is 17.9 Å². The minimum atomic E-state index is -0.453. The summed E-state index contributed by atoms with van der Waals surface area (Å²) in [7, 11) is 1.34. The highest BCUT2D eigenvalue weighted by Crippen LogP contribution is 2.47. The molecule has 4 nitrogen and oxygen atoms in total. The summed E-state index contributed by atoms with van der Waals surface area (Å²) in [5.74, 6) is -0.310. The van der Waals surface area contributed by atoms with Crippen LogP contribution in [0, 0.1) is 0 Å². The Bertz CT molecular complexity index is 1060. The number of esters is 1. The van der Waals surface area contributed by atoms with Crippen LogP contribution in [0.1, 0.15) is 29.0 Å². The molecule has 0 spiro atoms. The average molecular weight is 397 g/mol. The van der Waals surface area contributed by atoms with Crippen molar-refractivity contribution in [2.75, 3.05) is 13.7 Å². The summed E-state index contributed by atoms with van der Waals surface area (Å²) in [4.78, 5) is 16.8. The Morgan fingerprint density at radius 2 is 1.43 bits per heavy atom. The summed E-state index contributed by atoms with van der Waals surface area (Å²) in [5.41, 5.74) is 6.56. The molecule has 1 unspecified atom stereocenters. The molecule has 0 radical (unpaired) electrons. The Kier molecular flexibility index (Phi) is 6.04. The number of methoxy groups -OCH3 is 1. The Labute approximate surface area is 176 Å². The highest BCUT2D eigenvalue weighted by Gasteiger charge is 2.34. The molecule has 3 aromatic rings. The maximum atomic E-state index is 11.5. The third kappa shape index (κ3) is 4.18. The van der Waals surface area contributed by atoms with Gasteiger partial charge in [0.2, 0.25) is 6.61 Å². The fourth-order valence-electron chi connectivity index (χ4n) is 3.89. The van der Waals surface area contributed by atoms with Gasteiger partial charge in [0.15, 0.2) is 0 Å². The Morgan fingerprint density at radius 3 is 2.03 bits per heavy atom. The van der Waals surface area contributed by atoms with E-state index in [1.165, 1.54) is 18.2 Å². The molecule has 0 aliphatic heterocycles. The van der Waals surface area contributed by atoms with Crippen LogP contribution in [0.3, 0.4) is 0 Å². The van der Waals surface area contributed by atoms with E-state index in [1.54, 1.807) is 0 Å². The Morgan fingerprint density at radius 1 is 0.867 bits per heavy atom. The number of allylic oxidation sites excluding steroid dienone is 2. The van der Waals surface area contributed by atoms with Crippen molar-refractivity contribution in [3.63, 3.8) is 0 Å². The SMILES string of the molecule is COC(=O)CO/N=C1\CC(c2ccccc2)C(c2ccccc2)=C1c1ccccc1. The smallest absolute Gasteiger partial charge is 0.346 e. The zero-order chi connectivity index (χ0) is 20.8. The second-order valence-electron chi connectivity index (χ2n) is 7.08. The third-order valence-corrected chi connectivity index (χ3v) is 5.24. The summed E-state index contributed by atoms with van der Waals surface area (Å²) in [6, 6.07) is 31.0. The van der Waals surface area contributed by atoms with E-state index in [0.717, 1.165) is 22.4 Å². The lowest BCUT2D eigenvalue weighted by molar-refractivity contribution is -0.145. The van der Waals surface area contributed by atoms with Crippen LogP contribution in [0.4, 0.5) is 0 Å². The molecule has 1 aliphatic rings. The van der Waals surface area contributed by atoms with Gasteiger partial charge in [-0.25, -0.2) is 4.79 Å². The van der Waals surface area contributed by atoms with Crippen molar-refractivity contribution in [1.29, 1.82) is 0 Å². The fraction of sp³-hybridized carbons (Fsp3) is 0.154. The minimum absolute atomic E-state index is 0.143. The van der Waals surface area contributed by atoms with Crippen molar-refractivity contribution in [2.24, 2.45) is 5.16 Å². The van der Waals surface area contributed by atoms with Crippen LogP contribution < -0.4 is 0 Å². The molecule has 4 heteroatoms. The van der Waals surface area contributed by atoms with E-state index in [2.05, 4.69) is 70.6 Å². The van der Waals surface area contributed by atoms with Crippen molar-refractivity contribution in [3.05, 3.63) is 108 Å². The standard InChI is InChI=1S/C26H23NO3/c1-29-24(28)18-30-27-23-17-22(19-11-5-2-6-12-19)25(20-13-7-3-8-14-20)26(23)21-15-9-4-10-16-21/h2-16,22H,17-18H2,1H3/b27-23+. The van der Waals surface area contributed by atoms with E-state index in [1.807, 2.05) is 30.3 Å². The van der Waals surface area contributed by atoms with E-state index in [0.29, 0.717) is 6.42 Å². The average Bonchev–Trinajstić information content (AvgIpc) is 3.20. The number of hydrogen-bond acceptors (Lipinski definition) is 4. The predicted octanol–water partition coefficient (Wildman–Crippen LogP) is 5.33. The first kappa shape index (κ1) is 19.6. The zero-order valence-electron chi connectivity index (χ0n) is 16.8. The van der Waals surface area contributed by atoms with Crippen molar-refractivity contribution in [2.45, 2.75) is 12.3 Å². The predicted molar refractivity (Wildman–Crippen MR) is 119 cm³/mol. The largest absolute Gasteiger partial charge is 0.466 e. The third-order valence-electron chi connectivity index (χ3n) is 5.24.